The first kappa shape index (κ1) is 17.2. The molecule has 0 amide bonds. The summed E-state index contributed by atoms with van der Waals surface area (Å²) in [7, 11) is 0. The standard InChI is InChI=1S/C16H26O6/c17-15(18)13(21-11-7-3-1-4-8-11)14(16(19)20)22-12-9-5-2-6-10-12/h11-14H,1-10H2,(H,17,18)(H,19,20)/t13-,14-/m1/s1. The van der Waals surface area contributed by atoms with Crippen LogP contribution in [-0.2, 0) is 19.1 Å². The molecule has 22 heavy (non-hydrogen) atoms. The molecule has 0 bridgehead atoms. The molecule has 0 aliphatic heterocycles. The lowest BCUT2D eigenvalue weighted by molar-refractivity contribution is -0.190. The van der Waals surface area contributed by atoms with Crippen LogP contribution in [0.1, 0.15) is 64.2 Å². The molecule has 0 unspecified atom stereocenters. The van der Waals surface area contributed by atoms with Crippen LogP contribution in [0.25, 0.3) is 0 Å². The maximum absolute atomic E-state index is 11.5. The molecule has 2 rings (SSSR count). The van der Waals surface area contributed by atoms with Crippen LogP contribution in [-0.4, -0.2) is 46.6 Å². The Balaban J connectivity index is 2.00. The molecule has 6 nitrogen and oxygen atoms in total. The van der Waals surface area contributed by atoms with Gasteiger partial charge in [-0.15, -0.1) is 0 Å². The van der Waals surface area contributed by atoms with Crippen molar-refractivity contribution < 1.29 is 29.3 Å². The van der Waals surface area contributed by atoms with Gasteiger partial charge in [-0.25, -0.2) is 9.59 Å². The summed E-state index contributed by atoms with van der Waals surface area (Å²) in [5.74, 6) is -2.51. The van der Waals surface area contributed by atoms with E-state index in [0.29, 0.717) is 0 Å². The Hall–Kier alpha value is -1.14. The van der Waals surface area contributed by atoms with Gasteiger partial charge in [0.25, 0.3) is 0 Å². The molecule has 126 valence electrons. The molecule has 0 heterocycles. The number of hydrogen-bond acceptors (Lipinski definition) is 4. The first-order chi connectivity index (χ1) is 10.6. The van der Waals surface area contributed by atoms with Crippen LogP contribution in [0.15, 0.2) is 0 Å². The Kier molecular flexibility index (Phi) is 6.64. The summed E-state index contributed by atoms with van der Waals surface area (Å²) >= 11 is 0. The van der Waals surface area contributed by atoms with E-state index >= 15 is 0 Å². The van der Waals surface area contributed by atoms with Crippen LogP contribution in [0.2, 0.25) is 0 Å². The molecule has 2 N–H and O–H groups in total. The zero-order chi connectivity index (χ0) is 15.9. The maximum Gasteiger partial charge on any atom is 0.336 e. The van der Waals surface area contributed by atoms with E-state index in [1.54, 1.807) is 0 Å². The normalized spacial score (nSPS) is 23.8. The van der Waals surface area contributed by atoms with Crippen molar-refractivity contribution in [3.8, 4) is 0 Å². The van der Waals surface area contributed by atoms with Gasteiger partial charge >= 0.3 is 11.9 Å². The number of carbonyl (C=O) groups is 2. The molecule has 0 spiro atoms. The molecular weight excluding hydrogens is 288 g/mol. The third-order valence-electron chi connectivity index (χ3n) is 4.54. The fourth-order valence-electron chi connectivity index (χ4n) is 3.34. The number of carboxylic acids is 2. The molecule has 0 aromatic carbocycles. The summed E-state index contributed by atoms with van der Waals surface area (Å²) in [6.07, 6.45) is 6.20. The highest BCUT2D eigenvalue weighted by Crippen LogP contribution is 2.26. The highest BCUT2D eigenvalue weighted by Gasteiger charge is 2.39. The maximum atomic E-state index is 11.5. The van der Waals surface area contributed by atoms with Crippen LogP contribution >= 0.6 is 0 Å². The minimum absolute atomic E-state index is 0.174. The SMILES string of the molecule is O=C(O)[C@H](OC1CCCCC1)[C@@H](OC1CCCCC1)C(=O)O. The summed E-state index contributed by atoms with van der Waals surface area (Å²) in [4.78, 5) is 23.0. The van der Waals surface area contributed by atoms with Crippen LogP contribution in [0, 0.1) is 0 Å². The smallest absolute Gasteiger partial charge is 0.336 e. The largest absolute Gasteiger partial charge is 0.479 e. The molecule has 0 aromatic heterocycles. The number of hydrogen-bond donors (Lipinski definition) is 2. The summed E-state index contributed by atoms with van der Waals surface area (Å²) in [6.45, 7) is 0. The van der Waals surface area contributed by atoms with Crippen molar-refractivity contribution in [2.75, 3.05) is 0 Å². The molecule has 0 radical (unpaired) electrons. The van der Waals surface area contributed by atoms with Gasteiger partial charge in [0.1, 0.15) is 0 Å². The third kappa shape index (κ3) is 4.95. The average molecular weight is 314 g/mol. The van der Waals surface area contributed by atoms with Crippen molar-refractivity contribution in [2.24, 2.45) is 0 Å². The minimum atomic E-state index is -1.43. The Morgan fingerprint density at radius 3 is 1.27 bits per heavy atom. The Morgan fingerprint density at radius 2 is 1.00 bits per heavy atom. The molecule has 2 aliphatic carbocycles. The second kappa shape index (κ2) is 8.48. The zero-order valence-electron chi connectivity index (χ0n) is 12.9. The molecule has 2 saturated carbocycles. The van der Waals surface area contributed by atoms with Gasteiger partial charge in [-0.2, -0.15) is 0 Å². The first-order valence-electron chi connectivity index (χ1n) is 8.34. The average Bonchev–Trinajstić information content (AvgIpc) is 2.52. The van der Waals surface area contributed by atoms with Crippen molar-refractivity contribution in [2.45, 2.75) is 88.6 Å². The van der Waals surface area contributed by atoms with Gasteiger partial charge in [0.15, 0.2) is 12.2 Å². The fraction of sp³-hybridized carbons (Fsp3) is 0.875. The van der Waals surface area contributed by atoms with Crippen LogP contribution in [0.3, 0.4) is 0 Å². The first-order valence-corrected chi connectivity index (χ1v) is 8.34. The molecular formula is C16H26O6. The molecule has 6 heteroatoms. The van der Waals surface area contributed by atoms with E-state index in [2.05, 4.69) is 0 Å². The fourth-order valence-corrected chi connectivity index (χ4v) is 3.34. The van der Waals surface area contributed by atoms with E-state index in [0.717, 1.165) is 64.2 Å². The van der Waals surface area contributed by atoms with Gasteiger partial charge in [-0.3, -0.25) is 0 Å². The summed E-state index contributed by atoms with van der Waals surface area (Å²) in [5, 5.41) is 18.8. The van der Waals surface area contributed by atoms with Crippen molar-refractivity contribution in [3.05, 3.63) is 0 Å². The van der Waals surface area contributed by atoms with Gasteiger partial charge in [-0.1, -0.05) is 38.5 Å². The molecule has 0 saturated heterocycles. The van der Waals surface area contributed by atoms with E-state index in [1.165, 1.54) is 0 Å². The Bertz CT molecular complexity index is 335. The van der Waals surface area contributed by atoms with Crippen molar-refractivity contribution in [3.63, 3.8) is 0 Å². The van der Waals surface area contributed by atoms with Gasteiger partial charge in [0, 0.05) is 0 Å². The zero-order valence-corrected chi connectivity index (χ0v) is 12.9. The van der Waals surface area contributed by atoms with E-state index in [9.17, 15) is 19.8 Å². The van der Waals surface area contributed by atoms with Gasteiger partial charge in [0.2, 0.25) is 0 Å². The molecule has 2 aliphatic rings. The Morgan fingerprint density at radius 1 is 0.682 bits per heavy atom. The number of aliphatic carboxylic acids is 2. The summed E-state index contributed by atoms with van der Waals surface area (Å²) < 4.78 is 11.2. The highest BCUT2D eigenvalue weighted by atomic mass is 16.6. The van der Waals surface area contributed by atoms with Crippen LogP contribution in [0.4, 0.5) is 0 Å². The highest BCUT2D eigenvalue weighted by molar-refractivity contribution is 5.83. The van der Waals surface area contributed by atoms with Crippen molar-refractivity contribution in [1.29, 1.82) is 0 Å². The second-order valence-corrected chi connectivity index (χ2v) is 6.31. The summed E-state index contributed by atoms with van der Waals surface area (Å²) in [5.41, 5.74) is 0. The monoisotopic (exact) mass is 314 g/mol. The molecule has 0 aromatic rings. The predicted molar refractivity (Wildman–Crippen MR) is 78.8 cm³/mol. The van der Waals surface area contributed by atoms with Crippen molar-refractivity contribution in [1.82, 2.24) is 0 Å². The van der Waals surface area contributed by atoms with Gasteiger partial charge in [0.05, 0.1) is 12.2 Å². The van der Waals surface area contributed by atoms with E-state index in [1.807, 2.05) is 0 Å². The van der Waals surface area contributed by atoms with Gasteiger partial charge < -0.3 is 19.7 Å². The van der Waals surface area contributed by atoms with E-state index in [-0.39, 0.29) is 12.2 Å². The number of ether oxygens (including phenoxy) is 2. The van der Waals surface area contributed by atoms with Gasteiger partial charge in [-0.05, 0) is 25.7 Å². The van der Waals surface area contributed by atoms with E-state index in [4.69, 9.17) is 9.47 Å². The lowest BCUT2D eigenvalue weighted by Crippen LogP contribution is -2.47. The second-order valence-electron chi connectivity index (χ2n) is 6.31. The topological polar surface area (TPSA) is 93.1 Å². The Labute approximate surface area is 130 Å². The van der Waals surface area contributed by atoms with E-state index < -0.39 is 24.1 Å². The summed E-state index contributed by atoms with van der Waals surface area (Å²) in [6, 6.07) is 0. The molecule has 2 atom stereocenters. The predicted octanol–water partition coefficient (Wildman–Crippen LogP) is 2.59. The van der Waals surface area contributed by atoms with Crippen LogP contribution in [0.5, 0.6) is 0 Å². The van der Waals surface area contributed by atoms with Crippen LogP contribution < -0.4 is 0 Å². The molecule has 2 fully saturated rings. The number of carboxylic acid groups (broad SMARTS) is 2. The number of rotatable bonds is 7. The van der Waals surface area contributed by atoms with Crippen molar-refractivity contribution >= 4 is 11.9 Å². The minimum Gasteiger partial charge on any atom is -0.479 e. The quantitative estimate of drug-likeness (QED) is 0.750. The lowest BCUT2D eigenvalue weighted by atomic mass is 9.96. The lowest BCUT2D eigenvalue weighted by Gasteiger charge is -2.31. The third-order valence-corrected chi connectivity index (χ3v) is 4.54.